The van der Waals surface area contributed by atoms with Crippen LogP contribution in [0.1, 0.15) is 11.4 Å². The molecule has 0 N–H and O–H groups in total. The van der Waals surface area contributed by atoms with Gasteiger partial charge < -0.3 is 0 Å². The molecule has 0 fully saturated rings. The van der Waals surface area contributed by atoms with E-state index in [4.69, 9.17) is 0 Å². The van der Waals surface area contributed by atoms with Crippen molar-refractivity contribution in [2.75, 3.05) is 0 Å². The third-order valence-corrected chi connectivity index (χ3v) is 2.36. The van der Waals surface area contributed by atoms with Crippen molar-refractivity contribution in [3.8, 4) is 0 Å². The van der Waals surface area contributed by atoms with E-state index in [1.54, 1.807) is 13.0 Å². The molecule has 0 aliphatic carbocycles. The van der Waals surface area contributed by atoms with Crippen LogP contribution in [0.3, 0.4) is 0 Å². The molecule has 0 aliphatic heterocycles. The fourth-order valence-electron chi connectivity index (χ4n) is 1.19. The number of halogens is 4. The van der Waals surface area contributed by atoms with Gasteiger partial charge in [0.1, 0.15) is 4.60 Å². The Kier molecular flexibility index (Phi) is 2.22. The normalized spacial score (nSPS) is 12.3. The van der Waals surface area contributed by atoms with Crippen LogP contribution in [0.5, 0.6) is 0 Å². The standard InChI is InChI=1S/C8H5BrF3N3/c1-4-2-5(9)15-6(3-4)13-7(14-15)8(10,11)12/h2-3H,1H3. The van der Waals surface area contributed by atoms with E-state index in [-0.39, 0.29) is 5.65 Å². The maximum atomic E-state index is 12.3. The Bertz CT molecular complexity index is 518. The molecule has 0 saturated carbocycles. The van der Waals surface area contributed by atoms with E-state index >= 15 is 0 Å². The zero-order valence-corrected chi connectivity index (χ0v) is 9.09. The first-order valence-electron chi connectivity index (χ1n) is 3.98. The molecule has 15 heavy (non-hydrogen) atoms. The summed E-state index contributed by atoms with van der Waals surface area (Å²) in [7, 11) is 0. The molecule has 0 unspecified atom stereocenters. The minimum absolute atomic E-state index is 0.175. The van der Waals surface area contributed by atoms with E-state index in [0.29, 0.717) is 4.60 Å². The number of hydrogen-bond donors (Lipinski definition) is 0. The summed E-state index contributed by atoms with van der Waals surface area (Å²) in [5.74, 6) is -1.13. The fraction of sp³-hybridized carbons (Fsp3) is 0.250. The molecular weight excluding hydrogens is 275 g/mol. The summed E-state index contributed by atoms with van der Waals surface area (Å²) >= 11 is 3.12. The van der Waals surface area contributed by atoms with Gasteiger partial charge in [-0.2, -0.15) is 13.2 Å². The second-order valence-corrected chi connectivity index (χ2v) is 3.87. The van der Waals surface area contributed by atoms with Crippen LogP contribution in [0.4, 0.5) is 13.2 Å². The van der Waals surface area contributed by atoms with Crippen molar-refractivity contribution in [3.05, 3.63) is 28.1 Å². The Labute approximate surface area is 91.1 Å². The molecule has 0 atom stereocenters. The van der Waals surface area contributed by atoms with Crippen LogP contribution in [0, 0.1) is 6.92 Å². The Morgan fingerprint density at radius 3 is 2.60 bits per heavy atom. The number of hydrogen-bond acceptors (Lipinski definition) is 2. The van der Waals surface area contributed by atoms with Gasteiger partial charge in [-0.15, -0.1) is 5.10 Å². The minimum atomic E-state index is -4.51. The topological polar surface area (TPSA) is 30.2 Å². The van der Waals surface area contributed by atoms with Crippen LogP contribution < -0.4 is 0 Å². The van der Waals surface area contributed by atoms with Crippen LogP contribution in [-0.2, 0) is 6.18 Å². The monoisotopic (exact) mass is 279 g/mol. The lowest BCUT2D eigenvalue weighted by Gasteiger charge is -1.97. The number of aromatic nitrogens is 3. The average molecular weight is 280 g/mol. The highest BCUT2D eigenvalue weighted by Crippen LogP contribution is 2.27. The number of alkyl halides is 3. The van der Waals surface area contributed by atoms with Gasteiger partial charge in [-0.25, -0.2) is 9.50 Å². The van der Waals surface area contributed by atoms with E-state index in [9.17, 15) is 13.2 Å². The Morgan fingerprint density at radius 1 is 1.33 bits per heavy atom. The van der Waals surface area contributed by atoms with Gasteiger partial charge in [0.15, 0.2) is 5.65 Å². The zero-order valence-electron chi connectivity index (χ0n) is 7.51. The summed E-state index contributed by atoms with van der Waals surface area (Å²) in [6.45, 7) is 1.77. The lowest BCUT2D eigenvalue weighted by Crippen LogP contribution is -2.07. The molecule has 0 bridgehead atoms. The van der Waals surface area contributed by atoms with Crippen molar-refractivity contribution in [2.24, 2.45) is 0 Å². The number of aryl methyl sites for hydroxylation is 1. The molecule has 0 aromatic carbocycles. The minimum Gasteiger partial charge on any atom is -0.206 e. The van der Waals surface area contributed by atoms with E-state index in [0.717, 1.165) is 10.1 Å². The highest BCUT2D eigenvalue weighted by Gasteiger charge is 2.36. The Morgan fingerprint density at radius 2 is 2.00 bits per heavy atom. The van der Waals surface area contributed by atoms with Gasteiger partial charge in [-0.1, -0.05) is 0 Å². The second-order valence-electron chi connectivity index (χ2n) is 3.06. The van der Waals surface area contributed by atoms with Crippen molar-refractivity contribution >= 4 is 21.6 Å². The summed E-state index contributed by atoms with van der Waals surface area (Å²) in [6, 6.07) is 3.20. The van der Waals surface area contributed by atoms with E-state index < -0.39 is 12.0 Å². The molecule has 0 aliphatic rings. The third kappa shape index (κ3) is 1.83. The number of fused-ring (bicyclic) bond motifs is 1. The lowest BCUT2D eigenvalue weighted by atomic mass is 10.3. The molecule has 0 radical (unpaired) electrons. The maximum absolute atomic E-state index is 12.3. The molecule has 7 heteroatoms. The predicted octanol–water partition coefficient (Wildman–Crippen LogP) is 2.82. The molecule has 2 aromatic rings. The smallest absolute Gasteiger partial charge is 0.206 e. The molecule has 80 valence electrons. The van der Waals surface area contributed by atoms with Crippen LogP contribution in [0.2, 0.25) is 0 Å². The second kappa shape index (κ2) is 3.19. The summed E-state index contributed by atoms with van der Waals surface area (Å²) in [4.78, 5) is 3.40. The molecule has 0 saturated heterocycles. The van der Waals surface area contributed by atoms with Crippen molar-refractivity contribution in [1.29, 1.82) is 0 Å². The summed E-state index contributed by atoms with van der Waals surface area (Å²) in [5, 5.41) is 3.36. The molecule has 0 amide bonds. The average Bonchev–Trinajstić information content (AvgIpc) is 2.46. The van der Waals surface area contributed by atoms with Crippen molar-refractivity contribution in [1.82, 2.24) is 14.6 Å². The van der Waals surface area contributed by atoms with Gasteiger partial charge in [0, 0.05) is 0 Å². The molecular formula is C8H5BrF3N3. The largest absolute Gasteiger partial charge is 0.453 e. The highest BCUT2D eigenvalue weighted by atomic mass is 79.9. The van der Waals surface area contributed by atoms with Gasteiger partial charge in [0.05, 0.1) is 0 Å². The van der Waals surface area contributed by atoms with Crippen LogP contribution in [0.25, 0.3) is 5.65 Å². The highest BCUT2D eigenvalue weighted by molar-refractivity contribution is 9.10. The van der Waals surface area contributed by atoms with Gasteiger partial charge in [0.2, 0.25) is 0 Å². The number of nitrogens with zero attached hydrogens (tertiary/aromatic N) is 3. The molecule has 2 aromatic heterocycles. The fourth-order valence-corrected chi connectivity index (χ4v) is 1.81. The number of rotatable bonds is 0. The van der Waals surface area contributed by atoms with Crippen LogP contribution >= 0.6 is 15.9 Å². The lowest BCUT2D eigenvalue weighted by molar-refractivity contribution is -0.144. The third-order valence-electron chi connectivity index (χ3n) is 1.79. The Hall–Kier alpha value is -1.11. The first-order chi connectivity index (χ1) is 6.88. The SMILES string of the molecule is Cc1cc(Br)n2nc(C(F)(F)F)nc2c1. The summed E-state index contributed by atoms with van der Waals surface area (Å²) in [6.07, 6.45) is -4.51. The van der Waals surface area contributed by atoms with Gasteiger partial charge in [-0.05, 0) is 40.5 Å². The van der Waals surface area contributed by atoms with Gasteiger partial charge >= 0.3 is 6.18 Å². The van der Waals surface area contributed by atoms with Crippen molar-refractivity contribution in [3.63, 3.8) is 0 Å². The zero-order chi connectivity index (χ0) is 11.2. The van der Waals surface area contributed by atoms with Crippen LogP contribution in [-0.4, -0.2) is 14.6 Å². The van der Waals surface area contributed by atoms with Gasteiger partial charge in [-0.3, -0.25) is 0 Å². The van der Waals surface area contributed by atoms with Crippen LogP contribution in [0.15, 0.2) is 16.7 Å². The number of pyridine rings is 1. The molecule has 0 spiro atoms. The van der Waals surface area contributed by atoms with Crippen molar-refractivity contribution in [2.45, 2.75) is 13.1 Å². The van der Waals surface area contributed by atoms with Gasteiger partial charge in [0.25, 0.3) is 5.82 Å². The van der Waals surface area contributed by atoms with E-state index in [1.165, 1.54) is 6.07 Å². The Balaban J connectivity index is 2.71. The maximum Gasteiger partial charge on any atom is 0.453 e. The predicted molar refractivity (Wildman–Crippen MR) is 50.4 cm³/mol. The first kappa shape index (κ1) is 10.4. The first-order valence-corrected chi connectivity index (χ1v) is 4.77. The molecule has 3 nitrogen and oxygen atoms in total. The summed E-state index contributed by atoms with van der Waals surface area (Å²) < 4.78 is 38.5. The van der Waals surface area contributed by atoms with E-state index in [1.807, 2.05) is 0 Å². The molecule has 2 heterocycles. The quantitative estimate of drug-likeness (QED) is 0.694. The van der Waals surface area contributed by atoms with Crippen molar-refractivity contribution < 1.29 is 13.2 Å². The summed E-state index contributed by atoms with van der Waals surface area (Å²) in [5.41, 5.74) is 0.990. The van der Waals surface area contributed by atoms with E-state index in [2.05, 4.69) is 26.0 Å². The molecule has 2 rings (SSSR count).